The van der Waals surface area contributed by atoms with Gasteiger partial charge in [0.2, 0.25) is 5.91 Å². The largest absolute Gasteiger partial charge is 0.492 e. The summed E-state index contributed by atoms with van der Waals surface area (Å²) in [6.45, 7) is 12.9. The van der Waals surface area contributed by atoms with Crippen LogP contribution in [-0.2, 0) is 10.2 Å². The van der Waals surface area contributed by atoms with Crippen molar-refractivity contribution in [1.29, 1.82) is 0 Å². The number of ether oxygens (including phenoxy) is 1. The Kier molecular flexibility index (Phi) is 8.74. The first-order valence-electron chi connectivity index (χ1n) is 12.3. The zero-order valence-electron chi connectivity index (χ0n) is 22.0. The van der Waals surface area contributed by atoms with Crippen LogP contribution in [0.3, 0.4) is 0 Å². The minimum absolute atomic E-state index is 0.106. The van der Waals surface area contributed by atoms with Gasteiger partial charge in [-0.15, -0.1) is 0 Å². The van der Waals surface area contributed by atoms with E-state index in [0.717, 1.165) is 11.4 Å². The fraction of sp³-hybridized carbons (Fsp3) is 0.393. The molecule has 0 atom stereocenters. The molecular weight excluding hydrogens is 454 g/mol. The molecule has 8 nitrogen and oxygen atoms in total. The lowest BCUT2D eigenvalue weighted by Crippen LogP contribution is -2.42. The smallest absolute Gasteiger partial charge is 0.322 e. The number of nitrogens with one attached hydrogen (secondary N) is 2. The summed E-state index contributed by atoms with van der Waals surface area (Å²) in [4.78, 5) is 27.9. The zero-order chi connectivity index (χ0) is 26.3. The molecule has 0 aliphatic carbocycles. The number of hydrogen-bond acceptors (Lipinski definition) is 4. The van der Waals surface area contributed by atoms with Crippen molar-refractivity contribution in [3.05, 3.63) is 66.4 Å². The van der Waals surface area contributed by atoms with E-state index < -0.39 is 0 Å². The van der Waals surface area contributed by atoms with Crippen LogP contribution < -0.4 is 15.4 Å². The van der Waals surface area contributed by atoms with Gasteiger partial charge >= 0.3 is 6.03 Å². The van der Waals surface area contributed by atoms with Gasteiger partial charge in [0.05, 0.1) is 23.7 Å². The van der Waals surface area contributed by atoms with E-state index in [-0.39, 0.29) is 29.8 Å². The highest BCUT2D eigenvalue weighted by molar-refractivity contribution is 5.97. The number of carbonyl (C=O) groups is 2. The maximum atomic E-state index is 13.2. The SMILES string of the molecule is CCOc1ccccc1NC(=O)N(CC(=O)Nc1cc(C(C)(C)C)nn1-c1ccccc1)CC(C)C. The second kappa shape index (κ2) is 11.7. The Labute approximate surface area is 213 Å². The molecule has 0 bridgehead atoms. The molecule has 2 aromatic carbocycles. The number of para-hydroxylation sites is 3. The van der Waals surface area contributed by atoms with Crippen LogP contribution in [-0.4, -0.2) is 46.3 Å². The molecule has 0 unspecified atom stereocenters. The molecule has 0 aliphatic heterocycles. The Morgan fingerprint density at radius 2 is 1.69 bits per heavy atom. The summed E-state index contributed by atoms with van der Waals surface area (Å²) < 4.78 is 7.35. The molecule has 0 saturated carbocycles. The van der Waals surface area contributed by atoms with E-state index >= 15 is 0 Å². The highest BCUT2D eigenvalue weighted by Crippen LogP contribution is 2.27. The fourth-order valence-corrected chi connectivity index (χ4v) is 3.66. The summed E-state index contributed by atoms with van der Waals surface area (Å²) in [5.41, 5.74) is 2.06. The number of rotatable bonds is 9. The van der Waals surface area contributed by atoms with Gasteiger partial charge in [-0.3, -0.25) is 4.79 Å². The van der Waals surface area contributed by atoms with Crippen molar-refractivity contribution in [2.45, 2.75) is 47.0 Å². The molecule has 3 amide bonds. The van der Waals surface area contributed by atoms with Gasteiger partial charge < -0.3 is 20.3 Å². The number of benzene rings is 2. The standard InChI is InChI=1S/C28H37N5O3/c1-7-36-23-16-12-11-15-22(23)29-27(35)32(18-20(2)3)19-26(34)30-25-17-24(28(4,5)6)31-33(25)21-13-9-8-10-14-21/h8-17,20H,7,18-19H2,1-6H3,(H,29,35)(H,30,34). The second-order valence-electron chi connectivity index (χ2n) is 10.1. The predicted molar refractivity (Wildman–Crippen MR) is 144 cm³/mol. The van der Waals surface area contributed by atoms with Crippen LogP contribution in [0, 0.1) is 5.92 Å². The van der Waals surface area contributed by atoms with Crippen molar-refractivity contribution in [3.8, 4) is 11.4 Å². The number of anilines is 2. The third-order valence-corrected chi connectivity index (χ3v) is 5.38. The van der Waals surface area contributed by atoms with Crippen LogP contribution in [0.4, 0.5) is 16.3 Å². The molecule has 8 heteroatoms. The van der Waals surface area contributed by atoms with Gasteiger partial charge in [0.25, 0.3) is 0 Å². The molecule has 0 aliphatic rings. The summed E-state index contributed by atoms with van der Waals surface area (Å²) >= 11 is 0. The minimum atomic E-state index is -0.363. The summed E-state index contributed by atoms with van der Waals surface area (Å²) in [5.74, 6) is 1.01. The van der Waals surface area contributed by atoms with Crippen LogP contribution in [0.25, 0.3) is 5.69 Å². The lowest BCUT2D eigenvalue weighted by atomic mass is 9.92. The first kappa shape index (κ1) is 26.8. The van der Waals surface area contributed by atoms with Crippen molar-refractivity contribution in [2.24, 2.45) is 5.92 Å². The first-order chi connectivity index (χ1) is 17.1. The van der Waals surface area contributed by atoms with E-state index in [1.165, 1.54) is 4.90 Å². The monoisotopic (exact) mass is 491 g/mol. The molecule has 36 heavy (non-hydrogen) atoms. The van der Waals surface area contributed by atoms with Crippen molar-refractivity contribution >= 4 is 23.4 Å². The third-order valence-electron chi connectivity index (χ3n) is 5.38. The lowest BCUT2D eigenvalue weighted by molar-refractivity contribution is -0.116. The average molecular weight is 492 g/mol. The van der Waals surface area contributed by atoms with E-state index in [0.29, 0.717) is 30.4 Å². The zero-order valence-corrected chi connectivity index (χ0v) is 22.0. The summed E-state index contributed by atoms with van der Waals surface area (Å²) in [6, 6.07) is 18.4. The van der Waals surface area contributed by atoms with Crippen LogP contribution in [0.1, 0.15) is 47.2 Å². The number of urea groups is 1. The number of hydrogen-bond donors (Lipinski definition) is 2. The highest BCUT2D eigenvalue weighted by atomic mass is 16.5. The van der Waals surface area contributed by atoms with E-state index in [1.54, 1.807) is 16.8 Å². The van der Waals surface area contributed by atoms with Gasteiger partial charge in [-0.1, -0.05) is 65.0 Å². The summed E-state index contributed by atoms with van der Waals surface area (Å²) in [7, 11) is 0. The molecule has 0 saturated heterocycles. The third kappa shape index (κ3) is 7.10. The van der Waals surface area contributed by atoms with Crippen LogP contribution in [0.5, 0.6) is 5.75 Å². The number of amides is 3. The molecule has 1 heterocycles. The van der Waals surface area contributed by atoms with E-state index in [9.17, 15) is 9.59 Å². The Balaban J connectivity index is 1.80. The number of aromatic nitrogens is 2. The van der Waals surface area contributed by atoms with E-state index in [1.807, 2.05) is 69.3 Å². The number of carbonyl (C=O) groups excluding carboxylic acids is 2. The number of nitrogens with zero attached hydrogens (tertiary/aromatic N) is 3. The Hall–Kier alpha value is -3.81. The lowest BCUT2D eigenvalue weighted by Gasteiger charge is -2.25. The first-order valence-corrected chi connectivity index (χ1v) is 12.3. The highest BCUT2D eigenvalue weighted by Gasteiger charge is 2.24. The molecule has 3 aromatic rings. The summed E-state index contributed by atoms with van der Waals surface area (Å²) in [6.07, 6.45) is 0. The van der Waals surface area contributed by atoms with Crippen molar-refractivity contribution in [2.75, 3.05) is 30.3 Å². The topological polar surface area (TPSA) is 88.5 Å². The Morgan fingerprint density at radius 1 is 1.03 bits per heavy atom. The second-order valence-corrected chi connectivity index (χ2v) is 10.1. The van der Waals surface area contributed by atoms with Crippen LogP contribution in [0.2, 0.25) is 0 Å². The van der Waals surface area contributed by atoms with Gasteiger partial charge in [0, 0.05) is 18.0 Å². The maximum absolute atomic E-state index is 13.2. The van der Waals surface area contributed by atoms with Gasteiger partial charge in [-0.2, -0.15) is 5.10 Å². The minimum Gasteiger partial charge on any atom is -0.492 e. The molecule has 192 valence electrons. The van der Waals surface area contributed by atoms with Crippen LogP contribution >= 0.6 is 0 Å². The van der Waals surface area contributed by atoms with Gasteiger partial charge in [0.1, 0.15) is 18.1 Å². The fourth-order valence-electron chi connectivity index (χ4n) is 3.66. The molecule has 1 aromatic heterocycles. The van der Waals surface area contributed by atoms with Gasteiger partial charge in [0.15, 0.2) is 0 Å². The Bertz CT molecular complexity index is 1170. The Morgan fingerprint density at radius 3 is 2.33 bits per heavy atom. The maximum Gasteiger partial charge on any atom is 0.322 e. The average Bonchev–Trinajstić information content (AvgIpc) is 3.24. The normalized spacial score (nSPS) is 11.3. The molecule has 0 radical (unpaired) electrons. The molecular formula is C28H37N5O3. The van der Waals surface area contributed by atoms with Gasteiger partial charge in [-0.25, -0.2) is 9.48 Å². The van der Waals surface area contributed by atoms with Crippen molar-refractivity contribution in [3.63, 3.8) is 0 Å². The van der Waals surface area contributed by atoms with E-state index in [2.05, 4.69) is 31.4 Å². The summed E-state index contributed by atoms with van der Waals surface area (Å²) in [5, 5.41) is 10.6. The predicted octanol–water partition coefficient (Wildman–Crippen LogP) is 5.70. The van der Waals surface area contributed by atoms with Crippen molar-refractivity contribution in [1.82, 2.24) is 14.7 Å². The molecule has 2 N–H and O–H groups in total. The molecule has 3 rings (SSSR count). The molecule has 0 spiro atoms. The molecule has 0 fully saturated rings. The van der Waals surface area contributed by atoms with Gasteiger partial charge in [-0.05, 0) is 37.1 Å². The van der Waals surface area contributed by atoms with E-state index in [4.69, 9.17) is 9.84 Å². The quantitative estimate of drug-likeness (QED) is 0.402. The van der Waals surface area contributed by atoms with Crippen molar-refractivity contribution < 1.29 is 14.3 Å². The van der Waals surface area contributed by atoms with Crippen LogP contribution in [0.15, 0.2) is 60.7 Å².